The molecule has 6 nitrogen and oxygen atoms in total. The van der Waals surface area contributed by atoms with Crippen LogP contribution < -0.4 is 15.1 Å². The molecule has 1 amide bonds. The van der Waals surface area contributed by atoms with Gasteiger partial charge in [-0.25, -0.2) is 14.4 Å². The van der Waals surface area contributed by atoms with Crippen LogP contribution in [0.5, 0.6) is 0 Å². The van der Waals surface area contributed by atoms with Crippen molar-refractivity contribution in [2.45, 2.75) is 38.1 Å². The Morgan fingerprint density at radius 3 is 2.29 bits per heavy atom. The number of anilines is 2. The van der Waals surface area contributed by atoms with Crippen LogP contribution in [-0.4, -0.2) is 48.1 Å². The lowest BCUT2D eigenvalue weighted by Crippen LogP contribution is -2.47. The first-order valence-electron chi connectivity index (χ1n) is 10.1. The van der Waals surface area contributed by atoms with Crippen molar-refractivity contribution in [1.82, 2.24) is 15.3 Å². The summed E-state index contributed by atoms with van der Waals surface area (Å²) in [6.45, 7) is 2.83. The van der Waals surface area contributed by atoms with Crippen LogP contribution >= 0.6 is 0 Å². The molecule has 28 heavy (non-hydrogen) atoms. The molecule has 1 aliphatic carbocycles. The average molecular weight is 383 g/mol. The molecule has 1 aliphatic heterocycles. The summed E-state index contributed by atoms with van der Waals surface area (Å²) in [5.74, 6) is 0.325. The number of carbonyl (C=O) groups is 1. The van der Waals surface area contributed by atoms with E-state index in [1.54, 1.807) is 24.5 Å². The lowest BCUT2D eigenvalue weighted by Gasteiger charge is -2.36. The minimum atomic E-state index is -0.194. The predicted octanol–water partition coefficient (Wildman–Crippen LogP) is 3.00. The van der Waals surface area contributed by atoms with Crippen LogP contribution in [0, 0.1) is 5.82 Å². The summed E-state index contributed by atoms with van der Waals surface area (Å²) in [5, 5.41) is 3.09. The van der Waals surface area contributed by atoms with Crippen molar-refractivity contribution in [2.24, 2.45) is 0 Å². The van der Waals surface area contributed by atoms with Crippen LogP contribution in [0.3, 0.4) is 0 Å². The summed E-state index contributed by atoms with van der Waals surface area (Å²) >= 11 is 0. The number of halogens is 1. The van der Waals surface area contributed by atoms with Gasteiger partial charge in [0.15, 0.2) is 0 Å². The summed E-state index contributed by atoms with van der Waals surface area (Å²) in [7, 11) is 0. The topological polar surface area (TPSA) is 61.4 Å². The molecule has 4 rings (SSSR count). The molecule has 2 heterocycles. The third-order valence-corrected chi connectivity index (χ3v) is 5.60. The highest BCUT2D eigenvalue weighted by atomic mass is 19.1. The Hall–Kier alpha value is -2.70. The molecule has 0 spiro atoms. The number of nitrogens with zero attached hydrogens (tertiary/aromatic N) is 4. The van der Waals surface area contributed by atoms with Crippen molar-refractivity contribution in [1.29, 1.82) is 0 Å². The molecular formula is C21H26FN5O. The zero-order valence-electron chi connectivity index (χ0n) is 16.0. The molecule has 0 unspecified atom stereocenters. The largest absolute Gasteiger partial charge is 0.366 e. The Morgan fingerprint density at radius 2 is 1.61 bits per heavy atom. The van der Waals surface area contributed by atoms with Gasteiger partial charge in [-0.1, -0.05) is 31.4 Å². The molecule has 0 bridgehead atoms. The fourth-order valence-electron chi connectivity index (χ4n) is 3.97. The second-order valence-corrected chi connectivity index (χ2v) is 7.51. The zero-order chi connectivity index (χ0) is 19.3. The second kappa shape index (κ2) is 8.54. The number of nitrogens with one attached hydrogen (secondary N) is 1. The Kier molecular flexibility index (Phi) is 5.69. The van der Waals surface area contributed by atoms with Crippen molar-refractivity contribution in [3.8, 4) is 0 Å². The van der Waals surface area contributed by atoms with Crippen molar-refractivity contribution >= 4 is 17.5 Å². The summed E-state index contributed by atoms with van der Waals surface area (Å²) in [4.78, 5) is 25.3. The van der Waals surface area contributed by atoms with Gasteiger partial charge in [0.2, 0.25) is 5.95 Å². The lowest BCUT2D eigenvalue weighted by atomic mass is 9.95. The minimum Gasteiger partial charge on any atom is -0.366 e. The van der Waals surface area contributed by atoms with Crippen molar-refractivity contribution in [3.05, 3.63) is 48.0 Å². The molecule has 2 aromatic rings. The summed E-state index contributed by atoms with van der Waals surface area (Å²) in [5.41, 5.74) is 1.14. The first kappa shape index (κ1) is 18.7. The zero-order valence-corrected chi connectivity index (χ0v) is 16.0. The van der Waals surface area contributed by atoms with Gasteiger partial charge in [-0.2, -0.15) is 0 Å². The number of piperazine rings is 1. The van der Waals surface area contributed by atoms with Gasteiger partial charge in [0, 0.05) is 44.6 Å². The molecule has 7 heteroatoms. The average Bonchev–Trinajstić information content (AvgIpc) is 2.75. The third kappa shape index (κ3) is 4.24. The fraction of sp³-hybridized carbons (Fsp3) is 0.476. The number of hydrogen-bond donors (Lipinski definition) is 1. The first-order valence-corrected chi connectivity index (χ1v) is 10.1. The van der Waals surface area contributed by atoms with E-state index in [0.29, 0.717) is 43.4 Å². The minimum absolute atomic E-state index is 0.0946. The van der Waals surface area contributed by atoms with E-state index in [1.807, 2.05) is 11.0 Å². The van der Waals surface area contributed by atoms with Gasteiger partial charge >= 0.3 is 0 Å². The number of carbonyl (C=O) groups excluding carboxylic acids is 1. The molecule has 1 saturated heterocycles. The number of aromatic nitrogens is 2. The summed E-state index contributed by atoms with van der Waals surface area (Å²) in [6.07, 6.45) is 8.92. The fourth-order valence-corrected chi connectivity index (χ4v) is 3.97. The SMILES string of the molecule is O=C(NC1CCCCC1)c1cnc(N2CCN(c3ccccc3F)CC2)nc1. The highest BCUT2D eigenvalue weighted by molar-refractivity contribution is 5.93. The second-order valence-electron chi connectivity index (χ2n) is 7.51. The lowest BCUT2D eigenvalue weighted by molar-refractivity contribution is 0.0927. The Labute approximate surface area is 164 Å². The Morgan fingerprint density at radius 1 is 0.964 bits per heavy atom. The number of para-hydroxylation sites is 1. The molecule has 0 atom stereocenters. The van der Waals surface area contributed by atoms with E-state index < -0.39 is 0 Å². The molecule has 2 fully saturated rings. The highest BCUT2D eigenvalue weighted by Gasteiger charge is 2.22. The van der Waals surface area contributed by atoms with E-state index in [4.69, 9.17) is 0 Å². The Bertz CT molecular complexity index is 799. The molecular weight excluding hydrogens is 357 g/mol. The van der Waals surface area contributed by atoms with Crippen molar-refractivity contribution in [2.75, 3.05) is 36.0 Å². The molecule has 1 N–H and O–H groups in total. The molecule has 1 aromatic heterocycles. The maximum absolute atomic E-state index is 14.0. The van der Waals surface area contributed by atoms with E-state index in [-0.39, 0.29) is 17.8 Å². The normalized spacial score (nSPS) is 18.2. The van der Waals surface area contributed by atoms with E-state index in [0.717, 1.165) is 12.8 Å². The van der Waals surface area contributed by atoms with E-state index in [1.165, 1.54) is 25.3 Å². The maximum Gasteiger partial charge on any atom is 0.254 e. The van der Waals surface area contributed by atoms with Gasteiger partial charge in [0.1, 0.15) is 5.82 Å². The number of hydrogen-bond acceptors (Lipinski definition) is 5. The monoisotopic (exact) mass is 383 g/mol. The van der Waals surface area contributed by atoms with E-state index in [9.17, 15) is 9.18 Å². The Balaban J connectivity index is 1.33. The predicted molar refractivity (Wildman–Crippen MR) is 107 cm³/mol. The van der Waals surface area contributed by atoms with E-state index >= 15 is 0 Å². The molecule has 148 valence electrons. The van der Waals surface area contributed by atoms with Crippen LogP contribution in [0.4, 0.5) is 16.0 Å². The number of benzene rings is 1. The smallest absolute Gasteiger partial charge is 0.254 e. The maximum atomic E-state index is 14.0. The van der Waals surface area contributed by atoms with Gasteiger partial charge in [-0.15, -0.1) is 0 Å². The van der Waals surface area contributed by atoms with Gasteiger partial charge < -0.3 is 15.1 Å². The molecule has 0 radical (unpaired) electrons. The van der Waals surface area contributed by atoms with E-state index in [2.05, 4.69) is 20.2 Å². The molecule has 1 aromatic carbocycles. The van der Waals surface area contributed by atoms with Gasteiger partial charge in [-0.3, -0.25) is 4.79 Å². The molecule has 2 aliphatic rings. The summed E-state index contributed by atoms with van der Waals surface area (Å²) in [6, 6.07) is 7.12. The van der Waals surface area contributed by atoms with Crippen molar-refractivity contribution in [3.63, 3.8) is 0 Å². The highest BCUT2D eigenvalue weighted by Crippen LogP contribution is 2.21. The van der Waals surface area contributed by atoms with Gasteiger partial charge in [-0.05, 0) is 25.0 Å². The summed E-state index contributed by atoms with van der Waals surface area (Å²) < 4.78 is 14.0. The van der Waals surface area contributed by atoms with Crippen LogP contribution in [0.1, 0.15) is 42.5 Å². The van der Waals surface area contributed by atoms with Crippen LogP contribution in [0.25, 0.3) is 0 Å². The van der Waals surface area contributed by atoms with Crippen LogP contribution in [0.2, 0.25) is 0 Å². The van der Waals surface area contributed by atoms with Gasteiger partial charge in [0.25, 0.3) is 5.91 Å². The third-order valence-electron chi connectivity index (χ3n) is 5.60. The standard InChI is InChI=1S/C21H26FN5O/c22-18-8-4-5-9-19(18)26-10-12-27(13-11-26)21-23-14-16(15-24-21)20(28)25-17-6-2-1-3-7-17/h4-5,8-9,14-15,17H,1-3,6-7,10-13H2,(H,25,28). The quantitative estimate of drug-likeness (QED) is 0.879. The van der Waals surface area contributed by atoms with Crippen LogP contribution in [0.15, 0.2) is 36.7 Å². The van der Waals surface area contributed by atoms with Crippen LogP contribution in [-0.2, 0) is 0 Å². The number of amides is 1. The first-order chi connectivity index (χ1) is 13.7. The van der Waals surface area contributed by atoms with Crippen molar-refractivity contribution < 1.29 is 9.18 Å². The van der Waals surface area contributed by atoms with Gasteiger partial charge in [0.05, 0.1) is 11.3 Å². The number of rotatable bonds is 4. The molecule has 1 saturated carbocycles.